The molecule has 0 spiro atoms. The number of hydrogen-bond acceptors (Lipinski definition) is 2. The third-order valence-corrected chi connectivity index (χ3v) is 5.36. The van der Waals surface area contributed by atoms with Crippen LogP contribution in [0.1, 0.15) is 33.1 Å². The molecular formula is C9H19ClN2O2S. The third kappa shape index (κ3) is 2.84. The molecule has 0 heterocycles. The molecule has 0 aliphatic heterocycles. The minimum Gasteiger partial charge on any atom is -0.195 e. The fraction of sp³-hybridized carbons (Fsp3) is 1.00. The predicted octanol–water partition coefficient (Wildman–Crippen LogP) is 1.32. The van der Waals surface area contributed by atoms with Gasteiger partial charge in [0.2, 0.25) is 0 Å². The average Bonchev–Trinajstić information content (AvgIpc) is 2.13. The summed E-state index contributed by atoms with van der Waals surface area (Å²) in [6, 6.07) is 0. The molecule has 0 amide bonds. The van der Waals surface area contributed by atoms with Crippen LogP contribution < -0.4 is 4.72 Å². The molecule has 1 aliphatic rings. The van der Waals surface area contributed by atoms with Crippen molar-refractivity contribution in [3.8, 4) is 0 Å². The van der Waals surface area contributed by atoms with Gasteiger partial charge in [0, 0.05) is 24.5 Å². The van der Waals surface area contributed by atoms with Crippen molar-refractivity contribution >= 4 is 21.8 Å². The van der Waals surface area contributed by atoms with Gasteiger partial charge in [0.15, 0.2) is 0 Å². The van der Waals surface area contributed by atoms with E-state index in [1.54, 1.807) is 0 Å². The molecule has 90 valence electrons. The summed E-state index contributed by atoms with van der Waals surface area (Å²) in [5.74, 6) is 0.355. The van der Waals surface area contributed by atoms with Crippen LogP contribution in [0.5, 0.6) is 0 Å². The van der Waals surface area contributed by atoms with Gasteiger partial charge in [0.05, 0.1) is 0 Å². The Bertz CT molecular complexity index is 292. The monoisotopic (exact) mass is 254 g/mol. The number of halogens is 1. The first-order chi connectivity index (χ1) is 6.99. The van der Waals surface area contributed by atoms with Gasteiger partial charge in [0.1, 0.15) is 0 Å². The second-order valence-corrected chi connectivity index (χ2v) is 5.90. The Morgan fingerprint density at radius 1 is 1.33 bits per heavy atom. The Morgan fingerprint density at radius 3 is 2.13 bits per heavy atom. The van der Waals surface area contributed by atoms with Crippen LogP contribution in [0.25, 0.3) is 0 Å². The summed E-state index contributed by atoms with van der Waals surface area (Å²) in [7, 11) is -3.35. The van der Waals surface area contributed by atoms with E-state index in [0.29, 0.717) is 19.0 Å². The Hall–Kier alpha value is 0.160. The van der Waals surface area contributed by atoms with Gasteiger partial charge < -0.3 is 0 Å². The molecule has 0 aromatic carbocycles. The van der Waals surface area contributed by atoms with Crippen LogP contribution in [0.4, 0.5) is 0 Å². The van der Waals surface area contributed by atoms with Crippen molar-refractivity contribution in [1.29, 1.82) is 0 Å². The maximum atomic E-state index is 11.9. The molecule has 0 saturated heterocycles. The van der Waals surface area contributed by atoms with Gasteiger partial charge in [-0.2, -0.15) is 17.4 Å². The highest BCUT2D eigenvalue weighted by Crippen LogP contribution is 2.33. The van der Waals surface area contributed by atoms with Gasteiger partial charge in [-0.15, -0.1) is 11.6 Å². The van der Waals surface area contributed by atoms with Crippen molar-refractivity contribution in [2.75, 3.05) is 19.0 Å². The SMILES string of the molecule is CCN(CC)S(=O)(=O)NC1(CCl)CCC1. The van der Waals surface area contributed by atoms with Gasteiger partial charge in [-0.1, -0.05) is 13.8 Å². The van der Waals surface area contributed by atoms with Gasteiger partial charge >= 0.3 is 0 Å². The number of alkyl halides is 1. The summed E-state index contributed by atoms with van der Waals surface area (Å²) in [5.41, 5.74) is -0.386. The topological polar surface area (TPSA) is 49.4 Å². The smallest absolute Gasteiger partial charge is 0.195 e. The molecule has 1 rings (SSSR count). The summed E-state index contributed by atoms with van der Waals surface area (Å²) in [4.78, 5) is 0. The predicted molar refractivity (Wildman–Crippen MR) is 62.3 cm³/mol. The Kier molecular flexibility index (Phi) is 4.40. The molecule has 1 aliphatic carbocycles. The van der Waals surface area contributed by atoms with E-state index in [1.807, 2.05) is 13.8 Å². The Labute approximate surface area is 97.2 Å². The normalized spacial score (nSPS) is 20.3. The van der Waals surface area contributed by atoms with Crippen molar-refractivity contribution in [3.63, 3.8) is 0 Å². The maximum Gasteiger partial charge on any atom is 0.279 e. The van der Waals surface area contributed by atoms with Crippen molar-refractivity contribution in [2.45, 2.75) is 38.6 Å². The molecule has 1 fully saturated rings. The van der Waals surface area contributed by atoms with Crippen LogP contribution >= 0.6 is 11.6 Å². The molecule has 0 aromatic rings. The summed E-state index contributed by atoms with van der Waals surface area (Å²) >= 11 is 5.81. The highest BCUT2D eigenvalue weighted by Gasteiger charge is 2.40. The van der Waals surface area contributed by atoms with Crippen LogP contribution in [0.2, 0.25) is 0 Å². The Morgan fingerprint density at radius 2 is 1.87 bits per heavy atom. The second kappa shape index (κ2) is 4.99. The van der Waals surface area contributed by atoms with E-state index in [2.05, 4.69) is 4.72 Å². The third-order valence-electron chi connectivity index (χ3n) is 2.96. The van der Waals surface area contributed by atoms with Crippen molar-refractivity contribution in [2.24, 2.45) is 0 Å². The number of nitrogens with one attached hydrogen (secondary N) is 1. The molecule has 1 saturated carbocycles. The molecule has 0 radical (unpaired) electrons. The second-order valence-electron chi connectivity index (χ2n) is 3.96. The largest absolute Gasteiger partial charge is 0.279 e. The quantitative estimate of drug-likeness (QED) is 0.727. The van der Waals surface area contributed by atoms with Crippen LogP contribution in [0, 0.1) is 0 Å². The fourth-order valence-corrected chi connectivity index (χ4v) is 3.81. The number of rotatable bonds is 6. The summed E-state index contributed by atoms with van der Waals surface area (Å²) < 4.78 is 28.0. The van der Waals surface area contributed by atoms with Crippen LogP contribution in [-0.2, 0) is 10.2 Å². The first-order valence-electron chi connectivity index (χ1n) is 5.34. The lowest BCUT2D eigenvalue weighted by Gasteiger charge is -2.41. The maximum absolute atomic E-state index is 11.9. The first-order valence-corrected chi connectivity index (χ1v) is 7.32. The van der Waals surface area contributed by atoms with E-state index in [1.165, 1.54) is 4.31 Å². The molecular weight excluding hydrogens is 236 g/mol. The lowest BCUT2D eigenvalue weighted by atomic mass is 9.79. The number of hydrogen-bond donors (Lipinski definition) is 1. The van der Waals surface area contributed by atoms with Crippen LogP contribution in [0.3, 0.4) is 0 Å². The average molecular weight is 255 g/mol. The van der Waals surface area contributed by atoms with E-state index >= 15 is 0 Å². The van der Waals surface area contributed by atoms with E-state index in [0.717, 1.165) is 19.3 Å². The minimum absolute atomic E-state index is 0.355. The van der Waals surface area contributed by atoms with E-state index in [4.69, 9.17) is 11.6 Å². The van der Waals surface area contributed by atoms with Crippen LogP contribution in [-0.4, -0.2) is 37.2 Å². The van der Waals surface area contributed by atoms with Gasteiger partial charge in [0.25, 0.3) is 10.2 Å². The lowest BCUT2D eigenvalue weighted by molar-refractivity contribution is 0.245. The summed E-state index contributed by atoms with van der Waals surface area (Å²) in [6.07, 6.45) is 2.74. The minimum atomic E-state index is -3.35. The standard InChI is InChI=1S/C9H19ClN2O2S/c1-3-12(4-2)15(13,14)11-9(8-10)6-5-7-9/h11H,3-8H2,1-2H3. The van der Waals surface area contributed by atoms with Gasteiger partial charge in [-0.3, -0.25) is 0 Å². The first kappa shape index (κ1) is 13.2. The van der Waals surface area contributed by atoms with Crippen molar-refractivity contribution in [3.05, 3.63) is 0 Å². The van der Waals surface area contributed by atoms with Crippen molar-refractivity contribution < 1.29 is 8.42 Å². The molecule has 1 N–H and O–H groups in total. The molecule has 6 heteroatoms. The van der Waals surface area contributed by atoms with Crippen molar-refractivity contribution in [1.82, 2.24) is 9.03 Å². The molecule has 0 unspecified atom stereocenters. The molecule has 0 aromatic heterocycles. The van der Waals surface area contributed by atoms with E-state index < -0.39 is 10.2 Å². The summed E-state index contributed by atoms with van der Waals surface area (Å²) in [5, 5.41) is 0. The van der Waals surface area contributed by atoms with Crippen LogP contribution in [0.15, 0.2) is 0 Å². The highest BCUT2D eigenvalue weighted by atomic mass is 35.5. The lowest BCUT2D eigenvalue weighted by Crippen LogP contribution is -2.58. The molecule has 15 heavy (non-hydrogen) atoms. The summed E-state index contributed by atoms with van der Waals surface area (Å²) in [6.45, 7) is 4.64. The molecule has 4 nitrogen and oxygen atoms in total. The Balaban J connectivity index is 2.70. The van der Waals surface area contributed by atoms with Gasteiger partial charge in [-0.25, -0.2) is 0 Å². The zero-order valence-electron chi connectivity index (χ0n) is 9.29. The zero-order valence-corrected chi connectivity index (χ0v) is 10.9. The molecule has 0 atom stereocenters. The molecule has 0 bridgehead atoms. The fourth-order valence-electron chi connectivity index (χ4n) is 1.77. The highest BCUT2D eigenvalue weighted by molar-refractivity contribution is 7.87. The van der Waals surface area contributed by atoms with E-state index in [9.17, 15) is 8.42 Å². The van der Waals surface area contributed by atoms with Gasteiger partial charge in [-0.05, 0) is 19.3 Å². The van der Waals surface area contributed by atoms with E-state index in [-0.39, 0.29) is 5.54 Å². The zero-order chi connectivity index (χ0) is 11.5. The number of nitrogens with zero attached hydrogens (tertiary/aromatic N) is 1.